The predicted octanol–water partition coefficient (Wildman–Crippen LogP) is 3.83. The fraction of sp³-hybridized carbons (Fsp3) is 0.286. The number of carbonyl (C=O) groups is 3. The van der Waals surface area contributed by atoms with Gasteiger partial charge in [0.15, 0.2) is 12.9 Å². The van der Waals surface area contributed by atoms with Crippen LogP contribution in [0.25, 0.3) is 0 Å². The SMILES string of the molecule is CCCN(CC(=O)Nc1ccccc1C)C(=O)COc1ccc(Br)cc1C=O. The molecule has 0 aliphatic heterocycles. The Bertz CT molecular complexity index is 854. The maximum Gasteiger partial charge on any atom is 0.260 e. The molecule has 2 aromatic carbocycles. The molecule has 0 fully saturated rings. The topological polar surface area (TPSA) is 75.7 Å². The van der Waals surface area contributed by atoms with E-state index in [1.165, 1.54) is 4.90 Å². The lowest BCUT2D eigenvalue weighted by Crippen LogP contribution is -2.41. The quantitative estimate of drug-likeness (QED) is 0.593. The number of aryl methyl sites for hydroxylation is 1. The molecular formula is C21H23BrN2O4. The molecule has 2 aromatic rings. The van der Waals surface area contributed by atoms with Crippen LogP contribution < -0.4 is 10.1 Å². The highest BCUT2D eigenvalue weighted by molar-refractivity contribution is 9.10. The number of aldehydes is 1. The lowest BCUT2D eigenvalue weighted by Gasteiger charge is -2.22. The summed E-state index contributed by atoms with van der Waals surface area (Å²) in [6.45, 7) is 3.95. The van der Waals surface area contributed by atoms with Gasteiger partial charge < -0.3 is 15.0 Å². The highest BCUT2D eigenvalue weighted by Crippen LogP contribution is 2.21. The lowest BCUT2D eigenvalue weighted by atomic mass is 10.2. The standard InChI is InChI=1S/C21H23BrN2O4/c1-3-10-24(12-20(26)23-18-7-5-4-6-15(18)2)21(27)14-28-19-9-8-17(22)11-16(19)13-25/h4-9,11,13H,3,10,12,14H2,1-2H3,(H,23,26). The van der Waals surface area contributed by atoms with Gasteiger partial charge in [-0.25, -0.2) is 0 Å². The summed E-state index contributed by atoms with van der Waals surface area (Å²) in [4.78, 5) is 37.5. The second-order valence-electron chi connectivity index (χ2n) is 6.27. The third-order valence-electron chi connectivity index (χ3n) is 4.05. The molecule has 0 aliphatic rings. The molecule has 148 valence electrons. The number of rotatable bonds is 9. The van der Waals surface area contributed by atoms with Gasteiger partial charge in [0.2, 0.25) is 5.91 Å². The van der Waals surface area contributed by atoms with Crippen LogP contribution in [0.15, 0.2) is 46.9 Å². The van der Waals surface area contributed by atoms with Crippen molar-refractivity contribution in [3.8, 4) is 5.75 Å². The third-order valence-corrected chi connectivity index (χ3v) is 4.54. The Kier molecular flexibility index (Phi) is 8.19. The number of anilines is 1. The van der Waals surface area contributed by atoms with Crippen molar-refractivity contribution in [3.63, 3.8) is 0 Å². The van der Waals surface area contributed by atoms with E-state index in [-0.39, 0.29) is 25.0 Å². The number of nitrogens with one attached hydrogen (secondary N) is 1. The van der Waals surface area contributed by atoms with E-state index in [4.69, 9.17) is 4.74 Å². The van der Waals surface area contributed by atoms with Crippen LogP contribution in [0.2, 0.25) is 0 Å². The van der Waals surface area contributed by atoms with Crippen LogP contribution in [0.4, 0.5) is 5.69 Å². The van der Waals surface area contributed by atoms with E-state index in [2.05, 4.69) is 21.2 Å². The molecule has 28 heavy (non-hydrogen) atoms. The van der Waals surface area contributed by atoms with Crippen molar-refractivity contribution >= 4 is 39.7 Å². The first-order valence-corrected chi connectivity index (χ1v) is 9.74. The van der Waals surface area contributed by atoms with Crippen LogP contribution in [-0.4, -0.2) is 42.7 Å². The molecule has 0 bridgehead atoms. The minimum atomic E-state index is -0.318. The molecule has 2 rings (SSSR count). The van der Waals surface area contributed by atoms with Gasteiger partial charge in [0.25, 0.3) is 5.91 Å². The molecule has 0 saturated heterocycles. The van der Waals surface area contributed by atoms with Crippen LogP contribution in [0.3, 0.4) is 0 Å². The zero-order chi connectivity index (χ0) is 20.5. The highest BCUT2D eigenvalue weighted by atomic mass is 79.9. The van der Waals surface area contributed by atoms with Gasteiger partial charge in [-0.2, -0.15) is 0 Å². The number of halogens is 1. The van der Waals surface area contributed by atoms with Crippen LogP contribution in [0, 0.1) is 6.92 Å². The van der Waals surface area contributed by atoms with Gasteiger partial charge in [-0.15, -0.1) is 0 Å². The first-order chi connectivity index (χ1) is 13.4. The van der Waals surface area contributed by atoms with E-state index in [0.717, 1.165) is 15.7 Å². The molecule has 0 spiro atoms. The van der Waals surface area contributed by atoms with Crippen molar-refractivity contribution < 1.29 is 19.1 Å². The van der Waals surface area contributed by atoms with Crippen molar-refractivity contribution in [3.05, 3.63) is 58.1 Å². The largest absolute Gasteiger partial charge is 0.483 e. The number of nitrogens with zero attached hydrogens (tertiary/aromatic N) is 1. The fourth-order valence-electron chi connectivity index (χ4n) is 2.61. The zero-order valence-corrected chi connectivity index (χ0v) is 17.5. The summed E-state index contributed by atoms with van der Waals surface area (Å²) >= 11 is 3.29. The van der Waals surface area contributed by atoms with Gasteiger partial charge in [0, 0.05) is 16.7 Å². The van der Waals surface area contributed by atoms with Crippen LogP contribution >= 0.6 is 15.9 Å². The molecule has 6 nitrogen and oxygen atoms in total. The lowest BCUT2D eigenvalue weighted by molar-refractivity contribution is -0.136. The zero-order valence-electron chi connectivity index (χ0n) is 15.9. The van der Waals surface area contributed by atoms with E-state index in [0.29, 0.717) is 30.6 Å². The molecule has 0 atom stereocenters. The normalized spacial score (nSPS) is 10.2. The van der Waals surface area contributed by atoms with Gasteiger partial charge in [0.05, 0.1) is 12.1 Å². The van der Waals surface area contributed by atoms with E-state index in [9.17, 15) is 14.4 Å². The van der Waals surface area contributed by atoms with Gasteiger partial charge in [0.1, 0.15) is 5.75 Å². The van der Waals surface area contributed by atoms with E-state index >= 15 is 0 Å². The molecule has 7 heteroatoms. The van der Waals surface area contributed by atoms with Crippen molar-refractivity contribution in [1.29, 1.82) is 0 Å². The molecule has 0 saturated carbocycles. The highest BCUT2D eigenvalue weighted by Gasteiger charge is 2.18. The van der Waals surface area contributed by atoms with Crippen LogP contribution in [0.1, 0.15) is 29.3 Å². The summed E-state index contributed by atoms with van der Waals surface area (Å²) in [5, 5.41) is 2.83. The summed E-state index contributed by atoms with van der Waals surface area (Å²) in [6, 6.07) is 12.4. The first-order valence-electron chi connectivity index (χ1n) is 8.95. The van der Waals surface area contributed by atoms with Crippen molar-refractivity contribution in [2.24, 2.45) is 0 Å². The van der Waals surface area contributed by atoms with Crippen LogP contribution in [0.5, 0.6) is 5.75 Å². The summed E-state index contributed by atoms with van der Waals surface area (Å²) in [6.07, 6.45) is 1.38. The molecule has 0 aliphatic carbocycles. The summed E-state index contributed by atoms with van der Waals surface area (Å²) in [5.41, 5.74) is 2.02. The Morgan fingerprint density at radius 2 is 1.96 bits per heavy atom. The number of benzene rings is 2. The number of hydrogen-bond donors (Lipinski definition) is 1. The third kappa shape index (κ3) is 6.20. The number of para-hydroxylation sites is 1. The maximum atomic E-state index is 12.6. The first kappa shape index (κ1) is 21.6. The summed E-state index contributed by atoms with van der Waals surface area (Å²) < 4.78 is 6.26. The maximum absolute atomic E-state index is 12.6. The molecule has 1 N–H and O–H groups in total. The molecule has 0 heterocycles. The van der Waals surface area contributed by atoms with E-state index < -0.39 is 0 Å². The number of ether oxygens (including phenoxy) is 1. The molecular weight excluding hydrogens is 424 g/mol. The van der Waals surface area contributed by atoms with Crippen molar-refractivity contribution in [1.82, 2.24) is 4.90 Å². The van der Waals surface area contributed by atoms with E-state index in [1.54, 1.807) is 18.2 Å². The molecule has 0 aromatic heterocycles. The Hall–Kier alpha value is -2.67. The van der Waals surface area contributed by atoms with Gasteiger partial charge in [-0.1, -0.05) is 41.1 Å². The minimum absolute atomic E-state index is 0.0642. The van der Waals surface area contributed by atoms with Crippen molar-refractivity contribution in [2.45, 2.75) is 20.3 Å². The second-order valence-corrected chi connectivity index (χ2v) is 7.18. The Morgan fingerprint density at radius 3 is 2.64 bits per heavy atom. The second kappa shape index (κ2) is 10.6. The Morgan fingerprint density at radius 1 is 1.21 bits per heavy atom. The minimum Gasteiger partial charge on any atom is -0.483 e. The Labute approximate surface area is 173 Å². The average molecular weight is 447 g/mol. The summed E-state index contributed by atoms with van der Waals surface area (Å²) in [7, 11) is 0. The van der Waals surface area contributed by atoms with Crippen LogP contribution in [-0.2, 0) is 9.59 Å². The predicted molar refractivity (Wildman–Crippen MR) is 112 cm³/mol. The smallest absolute Gasteiger partial charge is 0.260 e. The van der Waals surface area contributed by atoms with Gasteiger partial charge in [-0.3, -0.25) is 14.4 Å². The summed E-state index contributed by atoms with van der Waals surface area (Å²) in [5.74, 6) is -0.262. The number of carbonyl (C=O) groups excluding carboxylic acids is 3. The Balaban J connectivity index is 1.98. The van der Waals surface area contributed by atoms with Gasteiger partial charge >= 0.3 is 0 Å². The van der Waals surface area contributed by atoms with Crippen molar-refractivity contribution in [2.75, 3.05) is 25.0 Å². The average Bonchev–Trinajstić information content (AvgIpc) is 2.68. The molecule has 2 amide bonds. The number of amides is 2. The van der Waals surface area contributed by atoms with Gasteiger partial charge in [-0.05, 0) is 43.2 Å². The molecule has 0 radical (unpaired) electrons. The number of hydrogen-bond acceptors (Lipinski definition) is 4. The molecule has 0 unspecified atom stereocenters. The van der Waals surface area contributed by atoms with E-state index in [1.807, 2.05) is 38.1 Å². The fourth-order valence-corrected chi connectivity index (χ4v) is 2.99. The monoisotopic (exact) mass is 446 g/mol.